The van der Waals surface area contributed by atoms with Crippen molar-refractivity contribution in [1.82, 2.24) is 19.9 Å². The van der Waals surface area contributed by atoms with Gasteiger partial charge < -0.3 is 9.26 Å². The number of halogens is 2. The first-order valence-corrected chi connectivity index (χ1v) is 10.9. The highest BCUT2D eigenvalue weighted by molar-refractivity contribution is 6.35. The van der Waals surface area contributed by atoms with Gasteiger partial charge in [-0.2, -0.15) is 0 Å². The third kappa shape index (κ3) is 5.35. The summed E-state index contributed by atoms with van der Waals surface area (Å²) in [4.78, 5) is 17.0. The van der Waals surface area contributed by atoms with E-state index in [2.05, 4.69) is 26.6 Å². The first-order valence-electron chi connectivity index (χ1n) is 10.1. The standard InChI is InChI=1S/C23H21Cl2N5O3/c1-13-7-14(2)9-16(8-13)32-11-18-15(3)33-29-21(18)22(31)27-23-26-12-30(28-23)10-17-19(24)5-4-6-20(17)25/h4-9,12H,10-11H2,1-3H3,(H,27,28,31). The van der Waals surface area contributed by atoms with Gasteiger partial charge in [-0.1, -0.05) is 40.5 Å². The zero-order valence-corrected chi connectivity index (χ0v) is 19.7. The van der Waals surface area contributed by atoms with E-state index in [1.807, 2.05) is 26.0 Å². The largest absolute Gasteiger partial charge is 0.489 e. The van der Waals surface area contributed by atoms with Crippen LogP contribution >= 0.6 is 23.2 Å². The van der Waals surface area contributed by atoms with E-state index in [-0.39, 0.29) is 18.2 Å². The third-order valence-corrected chi connectivity index (χ3v) is 5.63. The number of hydrogen-bond acceptors (Lipinski definition) is 6. The second-order valence-corrected chi connectivity index (χ2v) is 8.41. The first kappa shape index (κ1) is 22.8. The highest BCUT2D eigenvalue weighted by atomic mass is 35.5. The third-order valence-electron chi connectivity index (χ3n) is 4.92. The number of rotatable bonds is 7. The lowest BCUT2D eigenvalue weighted by Gasteiger charge is -2.08. The van der Waals surface area contributed by atoms with E-state index in [4.69, 9.17) is 32.5 Å². The van der Waals surface area contributed by atoms with Crippen LogP contribution in [0.15, 0.2) is 47.2 Å². The molecule has 2 heterocycles. The number of amides is 1. The van der Waals surface area contributed by atoms with E-state index in [0.717, 1.165) is 11.1 Å². The Bertz CT molecular complexity index is 1270. The number of nitrogens with one attached hydrogen (secondary N) is 1. The van der Waals surface area contributed by atoms with E-state index in [1.165, 1.54) is 11.0 Å². The molecule has 8 nitrogen and oxygen atoms in total. The summed E-state index contributed by atoms with van der Waals surface area (Å²) in [6.45, 7) is 6.15. The summed E-state index contributed by atoms with van der Waals surface area (Å²) < 4.78 is 12.6. The number of anilines is 1. The van der Waals surface area contributed by atoms with Crippen LogP contribution < -0.4 is 10.1 Å². The normalized spacial score (nSPS) is 10.9. The first-order chi connectivity index (χ1) is 15.8. The minimum absolute atomic E-state index is 0.113. The molecule has 0 spiro atoms. The fourth-order valence-corrected chi connectivity index (χ4v) is 3.86. The molecule has 170 valence electrons. The average molecular weight is 486 g/mol. The van der Waals surface area contributed by atoms with Gasteiger partial charge in [0.15, 0.2) is 5.69 Å². The number of carbonyl (C=O) groups is 1. The van der Waals surface area contributed by atoms with Gasteiger partial charge in [-0.05, 0) is 56.2 Å². The highest BCUT2D eigenvalue weighted by Gasteiger charge is 2.22. The maximum absolute atomic E-state index is 12.8. The molecule has 4 aromatic rings. The van der Waals surface area contributed by atoms with Gasteiger partial charge in [-0.15, -0.1) is 5.10 Å². The zero-order chi connectivity index (χ0) is 23.5. The molecule has 0 unspecified atom stereocenters. The Labute approximate surface area is 200 Å². The Kier molecular flexibility index (Phi) is 6.67. The number of aromatic nitrogens is 4. The van der Waals surface area contributed by atoms with Crippen molar-refractivity contribution < 1.29 is 14.1 Å². The van der Waals surface area contributed by atoms with Crippen molar-refractivity contribution in [2.45, 2.75) is 33.9 Å². The smallest absolute Gasteiger partial charge is 0.280 e. The second-order valence-electron chi connectivity index (χ2n) is 7.60. The van der Waals surface area contributed by atoms with Crippen LogP contribution in [0.3, 0.4) is 0 Å². The summed E-state index contributed by atoms with van der Waals surface area (Å²) in [6.07, 6.45) is 1.48. The summed E-state index contributed by atoms with van der Waals surface area (Å²) in [5, 5.41) is 11.8. The lowest BCUT2D eigenvalue weighted by atomic mass is 10.1. The van der Waals surface area contributed by atoms with Gasteiger partial charge in [0.1, 0.15) is 24.4 Å². The van der Waals surface area contributed by atoms with Crippen LogP contribution in [0.5, 0.6) is 5.75 Å². The van der Waals surface area contributed by atoms with E-state index < -0.39 is 5.91 Å². The molecular weight excluding hydrogens is 465 g/mol. The molecule has 1 N–H and O–H groups in total. The number of ether oxygens (including phenoxy) is 1. The SMILES string of the molecule is Cc1cc(C)cc(OCc2c(C(=O)Nc3ncn(Cc4c(Cl)cccc4Cl)n3)noc2C)c1. The minimum Gasteiger partial charge on any atom is -0.489 e. The van der Waals surface area contributed by atoms with Crippen molar-refractivity contribution in [2.24, 2.45) is 0 Å². The van der Waals surface area contributed by atoms with E-state index >= 15 is 0 Å². The Balaban J connectivity index is 1.45. The van der Waals surface area contributed by atoms with Gasteiger partial charge in [0.25, 0.3) is 5.91 Å². The molecule has 0 saturated carbocycles. The Morgan fingerprint density at radius 2 is 1.79 bits per heavy atom. The molecule has 0 bridgehead atoms. The summed E-state index contributed by atoms with van der Waals surface area (Å²) in [5.41, 5.74) is 3.55. The molecule has 33 heavy (non-hydrogen) atoms. The fraction of sp³-hybridized carbons (Fsp3) is 0.217. The number of nitrogens with zero attached hydrogens (tertiary/aromatic N) is 4. The molecule has 0 fully saturated rings. The Hall–Kier alpha value is -3.36. The molecule has 0 atom stereocenters. The molecule has 0 aliphatic carbocycles. The summed E-state index contributed by atoms with van der Waals surface area (Å²) in [5.74, 6) is 0.818. The predicted octanol–water partition coefficient (Wildman–Crippen LogP) is 5.38. The minimum atomic E-state index is -0.501. The second kappa shape index (κ2) is 9.64. The van der Waals surface area contributed by atoms with Crippen LogP contribution in [0.4, 0.5) is 5.95 Å². The van der Waals surface area contributed by atoms with Gasteiger partial charge >= 0.3 is 0 Å². The molecule has 1 amide bonds. The molecule has 4 rings (SSSR count). The fourth-order valence-electron chi connectivity index (χ4n) is 3.35. The molecular formula is C23H21Cl2N5O3. The molecule has 2 aromatic carbocycles. The van der Waals surface area contributed by atoms with Crippen LogP contribution in [0, 0.1) is 20.8 Å². The topological polar surface area (TPSA) is 95.1 Å². The maximum Gasteiger partial charge on any atom is 0.280 e. The van der Waals surface area contributed by atoms with Crippen molar-refractivity contribution in [1.29, 1.82) is 0 Å². The van der Waals surface area contributed by atoms with Crippen LogP contribution in [-0.4, -0.2) is 25.8 Å². The summed E-state index contributed by atoms with van der Waals surface area (Å²) in [6, 6.07) is 11.2. The lowest BCUT2D eigenvalue weighted by Crippen LogP contribution is -2.16. The van der Waals surface area contributed by atoms with Crippen molar-refractivity contribution in [3.8, 4) is 5.75 Å². The molecule has 0 radical (unpaired) electrons. The highest BCUT2D eigenvalue weighted by Crippen LogP contribution is 2.25. The van der Waals surface area contributed by atoms with Crippen molar-refractivity contribution in [2.75, 3.05) is 5.32 Å². The maximum atomic E-state index is 12.8. The predicted molar refractivity (Wildman–Crippen MR) is 125 cm³/mol. The van der Waals surface area contributed by atoms with Gasteiger partial charge in [-0.3, -0.25) is 10.1 Å². The van der Waals surface area contributed by atoms with Gasteiger partial charge in [-0.25, -0.2) is 9.67 Å². The molecule has 0 aliphatic heterocycles. The van der Waals surface area contributed by atoms with Gasteiger partial charge in [0, 0.05) is 15.6 Å². The molecule has 10 heteroatoms. The quantitative estimate of drug-likeness (QED) is 0.377. The number of carbonyl (C=O) groups excluding carboxylic acids is 1. The Morgan fingerprint density at radius 3 is 2.48 bits per heavy atom. The van der Waals surface area contributed by atoms with Crippen LogP contribution in [-0.2, 0) is 13.2 Å². The molecule has 0 aliphatic rings. The van der Waals surface area contributed by atoms with Gasteiger partial charge in [0.2, 0.25) is 5.95 Å². The number of benzene rings is 2. The van der Waals surface area contributed by atoms with Crippen molar-refractivity contribution >= 4 is 35.1 Å². The zero-order valence-electron chi connectivity index (χ0n) is 18.2. The van der Waals surface area contributed by atoms with E-state index in [0.29, 0.717) is 39.2 Å². The van der Waals surface area contributed by atoms with Crippen molar-refractivity contribution in [3.05, 3.63) is 86.5 Å². The lowest BCUT2D eigenvalue weighted by molar-refractivity contribution is 0.101. The molecule has 0 saturated heterocycles. The monoisotopic (exact) mass is 485 g/mol. The summed E-state index contributed by atoms with van der Waals surface area (Å²) >= 11 is 12.4. The van der Waals surface area contributed by atoms with E-state index in [1.54, 1.807) is 25.1 Å². The van der Waals surface area contributed by atoms with Gasteiger partial charge in [0.05, 0.1) is 12.1 Å². The number of hydrogen-bond donors (Lipinski definition) is 1. The van der Waals surface area contributed by atoms with E-state index in [9.17, 15) is 4.79 Å². The summed E-state index contributed by atoms with van der Waals surface area (Å²) in [7, 11) is 0. The average Bonchev–Trinajstić information content (AvgIpc) is 3.34. The van der Waals surface area contributed by atoms with Crippen LogP contribution in [0.1, 0.15) is 38.5 Å². The Morgan fingerprint density at radius 1 is 1.09 bits per heavy atom. The van der Waals surface area contributed by atoms with Crippen LogP contribution in [0.25, 0.3) is 0 Å². The van der Waals surface area contributed by atoms with Crippen molar-refractivity contribution in [3.63, 3.8) is 0 Å². The number of aryl methyl sites for hydroxylation is 3. The van der Waals surface area contributed by atoms with Crippen LogP contribution in [0.2, 0.25) is 10.0 Å². The molecule has 2 aromatic heterocycles.